The number of benzene rings is 1. The van der Waals surface area contributed by atoms with Crippen molar-refractivity contribution in [3.8, 4) is 0 Å². The Morgan fingerprint density at radius 2 is 1.96 bits per heavy atom. The molecular weight excluding hydrogens is 343 g/mol. The third kappa shape index (κ3) is 5.29. The summed E-state index contributed by atoms with van der Waals surface area (Å²) in [7, 11) is -3.69. The van der Waals surface area contributed by atoms with Crippen LogP contribution in [0.5, 0.6) is 0 Å². The predicted octanol–water partition coefficient (Wildman–Crippen LogP) is 2.99. The molecular formula is C18H25FN2O3S. The SMILES string of the molecule is CC[C@H](C(=O)NCC1=CCCCC1)N(c1ccc(F)cc1)S(C)(=O)=O. The molecule has 1 aromatic rings. The molecule has 0 radical (unpaired) electrons. The zero-order valence-electron chi connectivity index (χ0n) is 14.7. The van der Waals surface area contributed by atoms with E-state index in [4.69, 9.17) is 0 Å². The van der Waals surface area contributed by atoms with Gasteiger partial charge in [0.25, 0.3) is 0 Å². The van der Waals surface area contributed by atoms with E-state index in [0.29, 0.717) is 13.0 Å². The summed E-state index contributed by atoms with van der Waals surface area (Å²) in [4.78, 5) is 12.6. The van der Waals surface area contributed by atoms with Gasteiger partial charge in [-0.3, -0.25) is 9.10 Å². The van der Waals surface area contributed by atoms with E-state index in [9.17, 15) is 17.6 Å². The number of nitrogens with zero attached hydrogens (tertiary/aromatic N) is 1. The van der Waals surface area contributed by atoms with Gasteiger partial charge in [-0.05, 0) is 56.4 Å². The Balaban J connectivity index is 2.19. The standard InChI is InChI=1S/C18H25FN2O3S/c1-3-17(18(22)20-13-14-7-5-4-6-8-14)21(25(2,23)24)16-11-9-15(19)10-12-16/h7,9-12,17H,3-6,8,13H2,1-2H3,(H,20,22)/t17-/m1/s1. The number of hydrogen-bond donors (Lipinski definition) is 1. The van der Waals surface area contributed by atoms with E-state index >= 15 is 0 Å². The Kier molecular flexibility index (Phi) is 6.58. The molecule has 1 aliphatic rings. The topological polar surface area (TPSA) is 66.5 Å². The average Bonchev–Trinajstić information content (AvgIpc) is 2.58. The number of rotatable bonds is 7. The van der Waals surface area contributed by atoms with Gasteiger partial charge in [-0.1, -0.05) is 18.6 Å². The summed E-state index contributed by atoms with van der Waals surface area (Å²) in [6.45, 7) is 2.20. The molecule has 138 valence electrons. The maximum absolute atomic E-state index is 13.2. The zero-order valence-corrected chi connectivity index (χ0v) is 15.5. The molecule has 1 atom stereocenters. The van der Waals surface area contributed by atoms with Crippen LogP contribution in [0.15, 0.2) is 35.9 Å². The van der Waals surface area contributed by atoms with E-state index in [0.717, 1.165) is 29.8 Å². The molecule has 7 heteroatoms. The maximum atomic E-state index is 13.2. The largest absolute Gasteiger partial charge is 0.351 e. The summed E-state index contributed by atoms with van der Waals surface area (Å²) >= 11 is 0. The number of carbonyl (C=O) groups excluding carboxylic acids is 1. The first-order valence-corrected chi connectivity index (χ1v) is 10.4. The van der Waals surface area contributed by atoms with Gasteiger partial charge in [0.05, 0.1) is 11.9 Å². The van der Waals surface area contributed by atoms with Crippen molar-refractivity contribution in [3.05, 3.63) is 41.7 Å². The molecule has 0 aromatic heterocycles. The van der Waals surface area contributed by atoms with Gasteiger partial charge in [-0.25, -0.2) is 12.8 Å². The summed E-state index contributed by atoms with van der Waals surface area (Å²) in [5.41, 5.74) is 1.46. The maximum Gasteiger partial charge on any atom is 0.244 e. The highest BCUT2D eigenvalue weighted by Crippen LogP contribution is 2.23. The quantitative estimate of drug-likeness (QED) is 0.753. The number of anilines is 1. The van der Waals surface area contributed by atoms with Crippen molar-refractivity contribution >= 4 is 21.6 Å². The van der Waals surface area contributed by atoms with Gasteiger partial charge in [0, 0.05) is 6.54 Å². The monoisotopic (exact) mass is 368 g/mol. The van der Waals surface area contributed by atoms with Gasteiger partial charge in [-0.15, -0.1) is 0 Å². The molecule has 0 unspecified atom stereocenters. The first-order valence-electron chi connectivity index (χ1n) is 8.53. The fourth-order valence-corrected chi connectivity index (χ4v) is 4.24. The van der Waals surface area contributed by atoms with Gasteiger partial charge in [0.15, 0.2) is 0 Å². The highest BCUT2D eigenvalue weighted by Gasteiger charge is 2.31. The van der Waals surface area contributed by atoms with Crippen LogP contribution in [0, 0.1) is 5.82 Å². The van der Waals surface area contributed by atoms with E-state index in [2.05, 4.69) is 11.4 Å². The lowest BCUT2D eigenvalue weighted by molar-refractivity contribution is -0.122. The van der Waals surface area contributed by atoms with Gasteiger partial charge in [-0.2, -0.15) is 0 Å². The lowest BCUT2D eigenvalue weighted by Crippen LogP contribution is -2.49. The van der Waals surface area contributed by atoms with Crippen molar-refractivity contribution in [1.82, 2.24) is 5.32 Å². The molecule has 0 aliphatic heterocycles. The summed E-state index contributed by atoms with van der Waals surface area (Å²) in [6.07, 6.45) is 7.77. The van der Waals surface area contributed by atoms with E-state index < -0.39 is 21.9 Å². The average molecular weight is 368 g/mol. The molecule has 0 bridgehead atoms. The summed E-state index contributed by atoms with van der Waals surface area (Å²) in [6, 6.07) is 4.24. The second-order valence-electron chi connectivity index (χ2n) is 6.29. The number of amides is 1. The number of allylic oxidation sites excluding steroid dienone is 1. The molecule has 25 heavy (non-hydrogen) atoms. The van der Waals surface area contributed by atoms with Crippen molar-refractivity contribution in [1.29, 1.82) is 0 Å². The Hall–Kier alpha value is -1.89. The van der Waals surface area contributed by atoms with Crippen molar-refractivity contribution in [2.45, 2.75) is 45.1 Å². The first kappa shape index (κ1) is 19.4. The predicted molar refractivity (Wildman–Crippen MR) is 97.4 cm³/mol. The Morgan fingerprint density at radius 3 is 2.48 bits per heavy atom. The molecule has 1 amide bonds. The van der Waals surface area contributed by atoms with Crippen LogP contribution in [0.1, 0.15) is 39.0 Å². The molecule has 2 rings (SSSR count). The summed E-state index contributed by atoms with van der Waals surface area (Å²) < 4.78 is 38.8. The lowest BCUT2D eigenvalue weighted by Gasteiger charge is -2.30. The molecule has 0 saturated heterocycles. The first-order chi connectivity index (χ1) is 11.8. The van der Waals surface area contributed by atoms with Crippen LogP contribution in [0.4, 0.5) is 10.1 Å². The number of hydrogen-bond acceptors (Lipinski definition) is 3. The minimum Gasteiger partial charge on any atom is -0.351 e. The van der Waals surface area contributed by atoms with Gasteiger partial charge in [0.1, 0.15) is 11.9 Å². The molecule has 0 heterocycles. The Bertz CT molecular complexity index is 729. The molecule has 1 aliphatic carbocycles. The number of carbonyl (C=O) groups is 1. The smallest absolute Gasteiger partial charge is 0.244 e. The number of sulfonamides is 1. The lowest BCUT2D eigenvalue weighted by atomic mass is 9.99. The third-order valence-corrected chi connectivity index (χ3v) is 5.47. The fourth-order valence-electron chi connectivity index (χ4n) is 3.03. The van der Waals surface area contributed by atoms with Crippen molar-refractivity contribution in [2.75, 3.05) is 17.1 Å². The molecule has 5 nitrogen and oxygen atoms in total. The van der Waals surface area contributed by atoms with Crippen LogP contribution in [0.25, 0.3) is 0 Å². The van der Waals surface area contributed by atoms with Crippen molar-refractivity contribution in [3.63, 3.8) is 0 Å². The second kappa shape index (κ2) is 8.47. The Labute approximate surface area is 149 Å². The van der Waals surface area contributed by atoms with Crippen LogP contribution in [0.3, 0.4) is 0 Å². The number of nitrogens with one attached hydrogen (secondary N) is 1. The Morgan fingerprint density at radius 1 is 1.28 bits per heavy atom. The second-order valence-corrected chi connectivity index (χ2v) is 8.14. The highest BCUT2D eigenvalue weighted by molar-refractivity contribution is 7.92. The highest BCUT2D eigenvalue weighted by atomic mass is 32.2. The minimum absolute atomic E-state index is 0.280. The van der Waals surface area contributed by atoms with E-state index in [1.807, 2.05) is 0 Å². The molecule has 1 N–H and O–H groups in total. The fraction of sp³-hybridized carbons (Fsp3) is 0.500. The van der Waals surface area contributed by atoms with Crippen molar-refractivity contribution in [2.24, 2.45) is 0 Å². The molecule has 0 spiro atoms. The summed E-state index contributed by atoms with van der Waals surface area (Å²) in [5, 5.41) is 2.85. The molecule has 1 aromatic carbocycles. The molecule has 0 saturated carbocycles. The van der Waals surface area contributed by atoms with E-state index in [1.54, 1.807) is 6.92 Å². The molecule has 0 fully saturated rings. The van der Waals surface area contributed by atoms with Crippen LogP contribution >= 0.6 is 0 Å². The third-order valence-electron chi connectivity index (χ3n) is 4.29. The van der Waals surface area contributed by atoms with Crippen LogP contribution in [-0.4, -0.2) is 33.2 Å². The number of halogens is 1. The summed E-state index contributed by atoms with van der Waals surface area (Å²) in [5.74, 6) is -0.803. The van der Waals surface area contributed by atoms with Gasteiger partial charge in [0.2, 0.25) is 15.9 Å². The van der Waals surface area contributed by atoms with Crippen LogP contribution in [0.2, 0.25) is 0 Å². The zero-order chi connectivity index (χ0) is 18.4. The normalized spacial score (nSPS) is 16.0. The minimum atomic E-state index is -3.69. The van der Waals surface area contributed by atoms with Crippen LogP contribution in [-0.2, 0) is 14.8 Å². The van der Waals surface area contributed by atoms with E-state index in [-0.39, 0.29) is 11.6 Å². The van der Waals surface area contributed by atoms with Crippen LogP contribution < -0.4 is 9.62 Å². The van der Waals surface area contributed by atoms with E-state index in [1.165, 1.54) is 36.3 Å². The van der Waals surface area contributed by atoms with Crippen molar-refractivity contribution < 1.29 is 17.6 Å². The van der Waals surface area contributed by atoms with Gasteiger partial charge >= 0.3 is 0 Å². The van der Waals surface area contributed by atoms with Gasteiger partial charge < -0.3 is 5.32 Å².